The maximum atomic E-state index is 12.2. The summed E-state index contributed by atoms with van der Waals surface area (Å²) in [5.41, 5.74) is 1.32. The van der Waals surface area contributed by atoms with Gasteiger partial charge in [0, 0.05) is 6.04 Å². The molecular weight excluding hydrogens is 276 g/mol. The second-order valence-electron chi connectivity index (χ2n) is 6.59. The van der Waals surface area contributed by atoms with Crippen molar-refractivity contribution in [2.75, 3.05) is 19.6 Å². The first-order valence-corrected chi connectivity index (χ1v) is 8.35. The number of amides is 1. The van der Waals surface area contributed by atoms with E-state index in [0.29, 0.717) is 6.54 Å². The van der Waals surface area contributed by atoms with Crippen molar-refractivity contribution in [3.63, 3.8) is 0 Å². The van der Waals surface area contributed by atoms with E-state index in [1.165, 1.54) is 10.5 Å². The number of hydrogen-bond donors (Lipinski definition) is 2. The summed E-state index contributed by atoms with van der Waals surface area (Å²) in [6.45, 7) is 8.62. The average Bonchev–Trinajstić information content (AvgIpc) is 2.45. The van der Waals surface area contributed by atoms with Crippen LogP contribution in [0.3, 0.4) is 0 Å². The summed E-state index contributed by atoms with van der Waals surface area (Å²) < 4.78 is 5.71. The van der Waals surface area contributed by atoms with Crippen LogP contribution in [0, 0.1) is 0 Å². The molecule has 0 unspecified atom stereocenters. The standard InChI is InChI=1S/C18H28N2O2/c1-14(9-10-17-7-5-4-6-8-17)19-18(21)13-20-11-15(2)22-16(3)12-20/h4-8,14-16H,9-13H2,1-3H3,(H,19,21)/p+1/t14-,15+,16+/m0/s1. The Hall–Kier alpha value is -1.39. The number of carbonyl (C=O) groups excluding carboxylic acids is 1. The summed E-state index contributed by atoms with van der Waals surface area (Å²) in [5, 5.41) is 3.13. The number of carbonyl (C=O) groups is 1. The third-order valence-corrected chi connectivity index (χ3v) is 4.14. The van der Waals surface area contributed by atoms with Crippen molar-refractivity contribution in [1.29, 1.82) is 0 Å². The van der Waals surface area contributed by atoms with Crippen molar-refractivity contribution in [2.45, 2.75) is 51.9 Å². The zero-order valence-corrected chi connectivity index (χ0v) is 14.0. The van der Waals surface area contributed by atoms with Crippen LogP contribution in [0.2, 0.25) is 0 Å². The number of ether oxygens (including phenoxy) is 1. The number of rotatable bonds is 6. The summed E-state index contributed by atoms with van der Waals surface area (Å²) >= 11 is 0. The van der Waals surface area contributed by atoms with E-state index in [9.17, 15) is 4.79 Å². The number of aryl methyl sites for hydroxylation is 1. The molecule has 2 N–H and O–H groups in total. The Labute approximate surface area is 133 Å². The van der Waals surface area contributed by atoms with E-state index in [0.717, 1.165) is 25.9 Å². The van der Waals surface area contributed by atoms with Crippen LogP contribution in [-0.4, -0.2) is 43.8 Å². The summed E-state index contributed by atoms with van der Waals surface area (Å²) in [6, 6.07) is 10.6. The minimum absolute atomic E-state index is 0.150. The molecule has 0 aromatic heterocycles. The van der Waals surface area contributed by atoms with Crippen molar-refractivity contribution in [3.05, 3.63) is 35.9 Å². The topological polar surface area (TPSA) is 42.8 Å². The smallest absolute Gasteiger partial charge is 0.275 e. The summed E-state index contributed by atoms with van der Waals surface area (Å²) in [5.74, 6) is 0.150. The van der Waals surface area contributed by atoms with E-state index in [2.05, 4.69) is 50.4 Å². The molecule has 4 nitrogen and oxygen atoms in total. The molecule has 2 rings (SSSR count). The van der Waals surface area contributed by atoms with Crippen molar-refractivity contribution in [2.24, 2.45) is 0 Å². The second-order valence-corrected chi connectivity index (χ2v) is 6.59. The lowest BCUT2D eigenvalue weighted by atomic mass is 10.1. The zero-order chi connectivity index (χ0) is 15.9. The van der Waals surface area contributed by atoms with Gasteiger partial charge in [0.15, 0.2) is 6.54 Å². The molecule has 0 bridgehead atoms. The first-order valence-electron chi connectivity index (χ1n) is 8.35. The van der Waals surface area contributed by atoms with Crippen molar-refractivity contribution >= 4 is 5.91 Å². The molecule has 0 saturated carbocycles. The lowest BCUT2D eigenvalue weighted by Crippen LogP contribution is -3.16. The third-order valence-electron chi connectivity index (χ3n) is 4.14. The quantitative estimate of drug-likeness (QED) is 0.817. The van der Waals surface area contributed by atoms with Gasteiger partial charge >= 0.3 is 0 Å². The molecular formula is C18H29N2O2+. The van der Waals surface area contributed by atoms with Gasteiger partial charge in [-0.15, -0.1) is 0 Å². The van der Waals surface area contributed by atoms with Gasteiger partial charge in [-0.1, -0.05) is 30.3 Å². The molecule has 4 heteroatoms. The highest BCUT2D eigenvalue weighted by atomic mass is 16.5. The first kappa shape index (κ1) is 17.0. The van der Waals surface area contributed by atoms with E-state index >= 15 is 0 Å². The van der Waals surface area contributed by atoms with Gasteiger partial charge in [0.1, 0.15) is 25.3 Å². The Bertz CT molecular complexity index is 453. The molecule has 1 saturated heterocycles. The van der Waals surface area contributed by atoms with E-state index < -0.39 is 0 Å². The maximum absolute atomic E-state index is 12.2. The minimum Gasteiger partial charge on any atom is -0.364 e. The number of hydrogen-bond acceptors (Lipinski definition) is 2. The summed E-state index contributed by atoms with van der Waals surface area (Å²) in [7, 11) is 0. The van der Waals surface area contributed by atoms with Gasteiger partial charge in [0.2, 0.25) is 0 Å². The molecule has 1 aromatic carbocycles. The van der Waals surface area contributed by atoms with Crippen LogP contribution >= 0.6 is 0 Å². The Morgan fingerprint density at radius 3 is 2.55 bits per heavy atom. The minimum atomic E-state index is 0.150. The summed E-state index contributed by atoms with van der Waals surface area (Å²) in [6.07, 6.45) is 2.45. The van der Waals surface area contributed by atoms with Gasteiger partial charge in [-0.3, -0.25) is 4.79 Å². The number of benzene rings is 1. The Balaban J connectivity index is 1.69. The van der Waals surface area contributed by atoms with E-state index in [1.54, 1.807) is 0 Å². The van der Waals surface area contributed by atoms with Gasteiger partial charge in [-0.05, 0) is 39.2 Å². The largest absolute Gasteiger partial charge is 0.364 e. The van der Waals surface area contributed by atoms with Gasteiger partial charge in [-0.25, -0.2) is 0 Å². The van der Waals surface area contributed by atoms with Crippen LogP contribution in [-0.2, 0) is 16.0 Å². The number of quaternary nitrogens is 1. The second kappa shape index (κ2) is 8.30. The van der Waals surface area contributed by atoms with Crippen LogP contribution in [0.15, 0.2) is 30.3 Å². The Morgan fingerprint density at radius 2 is 1.91 bits per heavy atom. The molecule has 1 aliphatic heterocycles. The third kappa shape index (κ3) is 5.78. The molecule has 3 atom stereocenters. The molecule has 0 spiro atoms. The Kier molecular flexibility index (Phi) is 6.40. The normalized spacial score (nSPS) is 26.4. The predicted octanol–water partition coefficient (Wildman–Crippen LogP) is 0.816. The fourth-order valence-corrected chi connectivity index (χ4v) is 3.19. The lowest BCUT2D eigenvalue weighted by Gasteiger charge is -2.32. The van der Waals surface area contributed by atoms with E-state index in [-0.39, 0.29) is 24.2 Å². The maximum Gasteiger partial charge on any atom is 0.275 e. The molecule has 122 valence electrons. The first-order chi connectivity index (χ1) is 10.5. The molecule has 22 heavy (non-hydrogen) atoms. The molecule has 1 aromatic rings. The average molecular weight is 305 g/mol. The highest BCUT2D eigenvalue weighted by Crippen LogP contribution is 2.04. The molecule has 1 aliphatic rings. The highest BCUT2D eigenvalue weighted by Gasteiger charge is 2.27. The lowest BCUT2D eigenvalue weighted by molar-refractivity contribution is -0.907. The predicted molar refractivity (Wildman–Crippen MR) is 87.9 cm³/mol. The summed E-state index contributed by atoms with van der Waals surface area (Å²) in [4.78, 5) is 13.5. The molecule has 0 radical (unpaired) electrons. The van der Waals surface area contributed by atoms with Gasteiger partial charge in [0.25, 0.3) is 5.91 Å². The van der Waals surface area contributed by atoms with Crippen LogP contribution in [0.1, 0.15) is 32.8 Å². The van der Waals surface area contributed by atoms with Crippen LogP contribution in [0.25, 0.3) is 0 Å². The van der Waals surface area contributed by atoms with Crippen molar-refractivity contribution in [1.82, 2.24) is 5.32 Å². The van der Waals surface area contributed by atoms with Crippen LogP contribution in [0.4, 0.5) is 0 Å². The van der Waals surface area contributed by atoms with Gasteiger partial charge in [-0.2, -0.15) is 0 Å². The van der Waals surface area contributed by atoms with Crippen molar-refractivity contribution < 1.29 is 14.4 Å². The van der Waals surface area contributed by atoms with Crippen LogP contribution < -0.4 is 10.2 Å². The fraction of sp³-hybridized carbons (Fsp3) is 0.611. The molecule has 1 fully saturated rings. The highest BCUT2D eigenvalue weighted by molar-refractivity contribution is 5.77. The SMILES string of the molecule is C[C@@H]1C[NH+](CC(=O)N[C@@H](C)CCc2ccccc2)C[C@@H](C)O1. The zero-order valence-electron chi connectivity index (χ0n) is 14.0. The number of morpholine rings is 1. The molecule has 1 amide bonds. The number of nitrogens with one attached hydrogen (secondary N) is 2. The molecule has 1 heterocycles. The van der Waals surface area contributed by atoms with E-state index in [4.69, 9.17) is 4.74 Å². The van der Waals surface area contributed by atoms with Crippen molar-refractivity contribution in [3.8, 4) is 0 Å². The van der Waals surface area contributed by atoms with Crippen LogP contribution in [0.5, 0.6) is 0 Å². The van der Waals surface area contributed by atoms with E-state index in [1.807, 2.05) is 6.07 Å². The fourth-order valence-electron chi connectivity index (χ4n) is 3.19. The monoisotopic (exact) mass is 305 g/mol. The Morgan fingerprint density at radius 1 is 1.27 bits per heavy atom. The molecule has 0 aliphatic carbocycles. The van der Waals surface area contributed by atoms with Gasteiger partial charge < -0.3 is 15.0 Å². The van der Waals surface area contributed by atoms with Gasteiger partial charge in [0.05, 0.1) is 0 Å².